The number of carbonyl (C=O) groups is 1. The van der Waals surface area contributed by atoms with Crippen molar-refractivity contribution in [2.45, 2.75) is 37.4 Å². The van der Waals surface area contributed by atoms with Crippen molar-refractivity contribution in [2.75, 3.05) is 18.4 Å². The minimum atomic E-state index is -4.73. The molecule has 3 heterocycles. The zero-order chi connectivity index (χ0) is 24.8. The Morgan fingerprint density at radius 1 is 1.23 bits per heavy atom. The number of aromatic amines is 1. The molecule has 1 aromatic carbocycles. The van der Waals surface area contributed by atoms with Crippen LogP contribution in [0.3, 0.4) is 0 Å². The van der Waals surface area contributed by atoms with E-state index in [1.165, 1.54) is 6.42 Å². The Bertz CT molecular complexity index is 1240. The van der Waals surface area contributed by atoms with Gasteiger partial charge in [0.05, 0.1) is 10.9 Å². The first-order valence-electron chi connectivity index (χ1n) is 11.1. The minimum Gasteiger partial charge on any atom is -0.450 e. The van der Waals surface area contributed by atoms with Gasteiger partial charge in [-0.3, -0.25) is 0 Å². The maximum absolute atomic E-state index is 14.6. The van der Waals surface area contributed by atoms with Crippen molar-refractivity contribution < 1.29 is 31.5 Å². The van der Waals surface area contributed by atoms with E-state index in [4.69, 9.17) is 4.74 Å². The van der Waals surface area contributed by atoms with Crippen LogP contribution in [-0.4, -0.2) is 34.6 Å². The van der Waals surface area contributed by atoms with Crippen LogP contribution < -0.4 is 20.7 Å². The lowest BCUT2D eigenvalue weighted by atomic mass is 9.62. The van der Waals surface area contributed by atoms with Gasteiger partial charge in [0.25, 0.3) is 0 Å². The van der Waals surface area contributed by atoms with E-state index in [9.17, 15) is 26.7 Å². The predicted molar refractivity (Wildman–Crippen MR) is 117 cm³/mol. The van der Waals surface area contributed by atoms with Gasteiger partial charge in [0, 0.05) is 42.3 Å². The van der Waals surface area contributed by atoms with Crippen molar-refractivity contribution in [3.8, 4) is 11.5 Å². The maximum Gasteiger partial charge on any atom is 0.418 e. The Kier molecular flexibility index (Phi) is 5.78. The van der Waals surface area contributed by atoms with Gasteiger partial charge in [0.15, 0.2) is 17.4 Å². The molecule has 0 unspecified atom stereocenters. The number of alkyl halides is 3. The minimum absolute atomic E-state index is 0.147. The maximum atomic E-state index is 14.6. The number of halogens is 5. The molecule has 35 heavy (non-hydrogen) atoms. The van der Waals surface area contributed by atoms with Gasteiger partial charge >= 0.3 is 12.2 Å². The molecular formula is C23H22F5N5O2. The third kappa shape index (κ3) is 4.62. The Balaban J connectivity index is 1.23. The third-order valence-corrected chi connectivity index (χ3v) is 6.61. The molecule has 2 aliphatic rings. The van der Waals surface area contributed by atoms with Crippen molar-refractivity contribution in [1.29, 1.82) is 0 Å². The van der Waals surface area contributed by atoms with Gasteiger partial charge in [0.2, 0.25) is 0 Å². The number of fused-ring (bicyclic) bond motifs is 1. The van der Waals surface area contributed by atoms with Crippen LogP contribution in [0.1, 0.15) is 31.2 Å². The molecule has 2 fully saturated rings. The zero-order valence-corrected chi connectivity index (χ0v) is 18.4. The highest BCUT2D eigenvalue weighted by molar-refractivity contribution is 5.89. The van der Waals surface area contributed by atoms with E-state index in [-0.39, 0.29) is 11.3 Å². The number of nitrogens with one attached hydrogen (secondary N) is 4. The number of nitrogens with zero attached hydrogens (tertiary/aromatic N) is 1. The number of ether oxygens (including phenoxy) is 1. The van der Waals surface area contributed by atoms with Gasteiger partial charge < -0.3 is 25.7 Å². The molecule has 1 aliphatic carbocycles. The van der Waals surface area contributed by atoms with E-state index >= 15 is 0 Å². The molecule has 7 nitrogen and oxygen atoms in total. The van der Waals surface area contributed by atoms with E-state index in [0.29, 0.717) is 24.2 Å². The normalized spacial score (nSPS) is 21.5. The fourth-order valence-electron chi connectivity index (χ4n) is 4.82. The second-order valence-electron chi connectivity index (χ2n) is 9.00. The molecule has 5 rings (SSSR count). The van der Waals surface area contributed by atoms with Crippen LogP contribution >= 0.6 is 0 Å². The molecule has 12 heteroatoms. The Morgan fingerprint density at radius 2 is 1.94 bits per heavy atom. The van der Waals surface area contributed by atoms with Crippen molar-refractivity contribution >= 4 is 22.8 Å². The van der Waals surface area contributed by atoms with E-state index in [1.54, 1.807) is 0 Å². The summed E-state index contributed by atoms with van der Waals surface area (Å²) >= 11 is 0. The summed E-state index contributed by atoms with van der Waals surface area (Å²) in [5, 5.41) is 8.00. The number of hydrogen-bond donors (Lipinski definition) is 4. The zero-order valence-electron chi connectivity index (χ0n) is 18.4. The summed E-state index contributed by atoms with van der Waals surface area (Å²) in [4.78, 5) is 18.3. The first kappa shape index (κ1) is 23.3. The first-order valence-corrected chi connectivity index (χ1v) is 11.1. The van der Waals surface area contributed by atoms with Crippen LogP contribution in [0.5, 0.6) is 11.5 Å². The fourth-order valence-corrected chi connectivity index (χ4v) is 4.82. The molecule has 2 amide bonds. The molecule has 1 aliphatic heterocycles. The predicted octanol–water partition coefficient (Wildman–Crippen LogP) is 5.31. The number of benzene rings is 1. The lowest BCUT2D eigenvalue weighted by Crippen LogP contribution is -2.64. The highest BCUT2D eigenvalue weighted by Gasteiger charge is 2.47. The van der Waals surface area contributed by atoms with Crippen molar-refractivity contribution in [2.24, 2.45) is 5.92 Å². The van der Waals surface area contributed by atoms with Crippen LogP contribution in [0.2, 0.25) is 0 Å². The molecule has 4 N–H and O–H groups in total. The molecule has 0 bridgehead atoms. The molecule has 186 valence electrons. The number of rotatable bonds is 6. The van der Waals surface area contributed by atoms with E-state index in [2.05, 4.69) is 25.9 Å². The second kappa shape index (κ2) is 8.67. The average molecular weight is 495 g/mol. The van der Waals surface area contributed by atoms with Crippen molar-refractivity contribution in [3.63, 3.8) is 0 Å². The number of hydrogen-bond acceptors (Lipinski definition) is 4. The lowest BCUT2D eigenvalue weighted by Gasteiger charge is -2.55. The summed E-state index contributed by atoms with van der Waals surface area (Å²) in [6.45, 7) is 1.48. The summed E-state index contributed by atoms with van der Waals surface area (Å²) in [5.41, 5.74) is -1.08. The van der Waals surface area contributed by atoms with Gasteiger partial charge in [-0.25, -0.2) is 18.6 Å². The summed E-state index contributed by atoms with van der Waals surface area (Å²) in [6.07, 6.45) is 1.30. The molecule has 1 saturated carbocycles. The second-order valence-corrected chi connectivity index (χ2v) is 9.00. The number of pyridine rings is 1. The van der Waals surface area contributed by atoms with E-state index < -0.39 is 46.3 Å². The van der Waals surface area contributed by atoms with Crippen LogP contribution in [-0.2, 0) is 6.18 Å². The largest absolute Gasteiger partial charge is 0.450 e. The fraction of sp³-hybridized carbons (Fsp3) is 0.391. The Morgan fingerprint density at radius 3 is 2.57 bits per heavy atom. The standard InChI is InChI=1S/C23H22F5N5O2/c24-15-7-13(33-21(34)30-4-1-12-9-22(10-12)3-6-32-22)8-16(25)19(15)35-17-2-5-29-20-18(17)14(11-31-20)23(26,27)28/h2,5,7-8,11-12,32H,1,3-4,6,9-10H2,(H,29,31)(H2,30,33,34). The van der Waals surface area contributed by atoms with Gasteiger partial charge in [-0.15, -0.1) is 0 Å². The van der Waals surface area contributed by atoms with Crippen LogP contribution in [0.25, 0.3) is 11.0 Å². The third-order valence-electron chi connectivity index (χ3n) is 6.61. The monoisotopic (exact) mass is 495 g/mol. The highest BCUT2D eigenvalue weighted by atomic mass is 19.4. The Hall–Kier alpha value is -3.41. The number of anilines is 1. The molecule has 0 radical (unpaired) electrons. The summed E-state index contributed by atoms with van der Waals surface area (Å²) in [7, 11) is 0. The van der Waals surface area contributed by atoms with E-state index in [1.807, 2.05) is 0 Å². The number of aromatic nitrogens is 2. The topological polar surface area (TPSA) is 91.1 Å². The van der Waals surface area contributed by atoms with Crippen LogP contribution in [0.15, 0.2) is 30.6 Å². The van der Waals surface area contributed by atoms with Crippen molar-refractivity contribution in [3.05, 3.63) is 47.8 Å². The molecule has 3 aromatic rings. The molecular weight excluding hydrogens is 473 g/mol. The van der Waals surface area contributed by atoms with Gasteiger partial charge in [-0.2, -0.15) is 13.2 Å². The van der Waals surface area contributed by atoms with Gasteiger partial charge in [-0.1, -0.05) is 0 Å². The molecule has 1 spiro atoms. The number of amides is 2. The van der Waals surface area contributed by atoms with Gasteiger partial charge in [-0.05, 0) is 44.2 Å². The highest BCUT2D eigenvalue weighted by Crippen LogP contribution is 2.45. The average Bonchev–Trinajstić information content (AvgIpc) is 3.16. The quantitative estimate of drug-likeness (QED) is 0.349. The van der Waals surface area contributed by atoms with Crippen LogP contribution in [0, 0.1) is 17.6 Å². The number of H-pyrrole nitrogens is 1. The molecule has 1 saturated heterocycles. The number of carbonyl (C=O) groups excluding carboxylic acids is 1. The molecule has 0 atom stereocenters. The summed E-state index contributed by atoms with van der Waals surface area (Å²) in [5.74, 6) is -3.17. The first-order chi connectivity index (χ1) is 16.6. The van der Waals surface area contributed by atoms with Crippen LogP contribution in [0.4, 0.5) is 32.4 Å². The SMILES string of the molecule is O=C(NCCC1CC2(CCN2)C1)Nc1cc(F)c(Oc2ccnc3[nH]cc(C(F)(F)F)c23)c(F)c1. The summed E-state index contributed by atoms with van der Waals surface area (Å²) < 4.78 is 74.4. The van der Waals surface area contributed by atoms with Gasteiger partial charge in [0.1, 0.15) is 11.4 Å². The van der Waals surface area contributed by atoms with E-state index in [0.717, 1.165) is 50.2 Å². The summed E-state index contributed by atoms with van der Waals surface area (Å²) in [6, 6.07) is 2.12. The smallest absolute Gasteiger partial charge is 0.418 e. The van der Waals surface area contributed by atoms with Crippen molar-refractivity contribution in [1.82, 2.24) is 20.6 Å². The number of urea groups is 1. The lowest BCUT2D eigenvalue weighted by molar-refractivity contribution is -0.136. The molecule has 2 aromatic heterocycles. The Labute approximate surface area is 196 Å².